The molecule has 0 aliphatic carbocycles. The molecule has 0 spiro atoms. The fourth-order valence-corrected chi connectivity index (χ4v) is 2.46. The minimum atomic E-state index is -0.656. The average Bonchev–Trinajstić information content (AvgIpc) is 2.73. The van der Waals surface area contributed by atoms with Gasteiger partial charge in [-0.05, 0) is 33.0 Å². The summed E-state index contributed by atoms with van der Waals surface area (Å²) in [5, 5.41) is 3.11. The van der Waals surface area contributed by atoms with E-state index in [-0.39, 0.29) is 31.3 Å². The summed E-state index contributed by atoms with van der Waals surface area (Å²) >= 11 is 0. The Balaban J connectivity index is 2.58. The first-order chi connectivity index (χ1) is 14.7. The van der Waals surface area contributed by atoms with Gasteiger partial charge in [0, 0.05) is 18.7 Å². The van der Waals surface area contributed by atoms with Crippen LogP contribution < -0.4 is 5.32 Å². The Morgan fingerprint density at radius 3 is 2.23 bits per heavy atom. The van der Waals surface area contributed by atoms with E-state index in [2.05, 4.69) is 11.9 Å². The lowest BCUT2D eigenvalue weighted by Crippen LogP contribution is -2.43. The lowest BCUT2D eigenvalue weighted by atomic mass is 10.0. The summed E-state index contributed by atoms with van der Waals surface area (Å²) < 4.78 is 15.5. The largest absolute Gasteiger partial charge is 0.464 e. The number of carbonyl (C=O) groups is 3. The molecule has 1 N–H and O–H groups in total. The molecule has 31 heavy (non-hydrogen) atoms. The van der Waals surface area contributed by atoms with Crippen LogP contribution in [0.1, 0.15) is 19.4 Å². The molecule has 1 rings (SSSR count). The van der Waals surface area contributed by atoms with Crippen LogP contribution in [0.4, 0.5) is 0 Å². The van der Waals surface area contributed by atoms with E-state index in [9.17, 15) is 14.4 Å². The van der Waals surface area contributed by atoms with Gasteiger partial charge in [0.25, 0.3) is 0 Å². The zero-order valence-corrected chi connectivity index (χ0v) is 18.9. The van der Waals surface area contributed by atoms with Crippen LogP contribution in [0.2, 0.25) is 0 Å². The molecule has 8 nitrogen and oxygen atoms in total. The van der Waals surface area contributed by atoms with Crippen molar-refractivity contribution in [1.29, 1.82) is 0 Å². The van der Waals surface area contributed by atoms with Crippen LogP contribution in [0.25, 0.3) is 0 Å². The van der Waals surface area contributed by atoms with E-state index in [4.69, 9.17) is 14.2 Å². The topological polar surface area (TPSA) is 94.2 Å². The van der Waals surface area contributed by atoms with Gasteiger partial charge in [-0.2, -0.15) is 0 Å². The molecule has 1 aromatic carbocycles. The fourth-order valence-electron chi connectivity index (χ4n) is 2.46. The van der Waals surface area contributed by atoms with Gasteiger partial charge in [-0.1, -0.05) is 43.8 Å². The highest BCUT2D eigenvalue weighted by atomic mass is 16.6. The lowest BCUT2D eigenvalue weighted by molar-refractivity contribution is -0.152. The predicted octanol–water partition coefficient (Wildman–Crippen LogP) is 1.59. The van der Waals surface area contributed by atoms with Crippen molar-refractivity contribution in [3.8, 4) is 0 Å². The number of likely N-dealkylation sites (N-methyl/N-ethyl adjacent to an activating group) is 1. The van der Waals surface area contributed by atoms with Crippen LogP contribution in [0, 0.1) is 5.92 Å². The van der Waals surface area contributed by atoms with Crippen LogP contribution in [0.5, 0.6) is 0 Å². The second-order valence-corrected chi connectivity index (χ2v) is 7.61. The number of benzene rings is 1. The van der Waals surface area contributed by atoms with Crippen molar-refractivity contribution in [2.75, 3.05) is 47.0 Å². The third kappa shape index (κ3) is 11.3. The van der Waals surface area contributed by atoms with Gasteiger partial charge >= 0.3 is 17.9 Å². The first-order valence-corrected chi connectivity index (χ1v) is 10.3. The maximum Gasteiger partial charge on any atom is 0.333 e. The van der Waals surface area contributed by atoms with Crippen LogP contribution in [-0.2, 0) is 35.0 Å². The van der Waals surface area contributed by atoms with Gasteiger partial charge in [-0.15, -0.1) is 0 Å². The summed E-state index contributed by atoms with van der Waals surface area (Å²) in [5.41, 5.74) is 1.23. The summed E-state index contributed by atoms with van der Waals surface area (Å²) in [5.74, 6) is -1.77. The molecule has 2 atom stereocenters. The van der Waals surface area contributed by atoms with Crippen LogP contribution in [0.3, 0.4) is 0 Å². The Labute approximate surface area is 184 Å². The number of esters is 3. The van der Waals surface area contributed by atoms with Gasteiger partial charge in [0.05, 0.1) is 5.92 Å². The Hall–Kier alpha value is -2.71. The highest BCUT2D eigenvalue weighted by molar-refractivity contribution is 5.86. The summed E-state index contributed by atoms with van der Waals surface area (Å²) in [6.45, 7) is 7.88. The van der Waals surface area contributed by atoms with E-state index in [0.29, 0.717) is 19.6 Å². The SMILES string of the molecule is C=C(C)C(=O)OCCOC(=O)C(Cc1ccccc1)NCC(C)C(=O)OCCN(C)C. The van der Waals surface area contributed by atoms with Gasteiger partial charge in [-0.25, -0.2) is 4.79 Å². The molecule has 172 valence electrons. The molecule has 0 bridgehead atoms. The van der Waals surface area contributed by atoms with E-state index in [1.54, 1.807) is 13.8 Å². The van der Waals surface area contributed by atoms with Gasteiger partial charge in [0.15, 0.2) is 0 Å². The van der Waals surface area contributed by atoms with Crippen LogP contribution in [-0.4, -0.2) is 75.9 Å². The molecular formula is C23H34N2O6. The minimum Gasteiger partial charge on any atom is -0.464 e. The van der Waals surface area contributed by atoms with Crippen molar-refractivity contribution in [2.24, 2.45) is 5.92 Å². The minimum absolute atomic E-state index is 0.0515. The zero-order valence-electron chi connectivity index (χ0n) is 18.9. The van der Waals surface area contributed by atoms with Gasteiger partial charge in [-0.3, -0.25) is 9.59 Å². The summed E-state index contributed by atoms with van der Waals surface area (Å²) in [6.07, 6.45) is 0.396. The standard InChI is InChI=1S/C23H34N2O6/c1-17(2)21(26)30-13-14-31-23(28)20(15-19-9-7-6-8-10-19)24-16-18(3)22(27)29-12-11-25(4)5/h6-10,18,20,24H,1,11-16H2,2-5H3. The van der Waals surface area contributed by atoms with E-state index in [1.807, 2.05) is 49.3 Å². The molecule has 0 aromatic heterocycles. The highest BCUT2D eigenvalue weighted by Crippen LogP contribution is 2.07. The Bertz CT molecular complexity index is 720. The van der Waals surface area contributed by atoms with Gasteiger partial charge < -0.3 is 24.4 Å². The number of carbonyl (C=O) groups excluding carboxylic acids is 3. The number of rotatable bonds is 14. The van der Waals surface area contributed by atoms with Crippen LogP contribution >= 0.6 is 0 Å². The van der Waals surface area contributed by atoms with Crippen LogP contribution in [0.15, 0.2) is 42.5 Å². The molecule has 0 aliphatic heterocycles. The third-order valence-corrected chi connectivity index (χ3v) is 4.33. The average molecular weight is 435 g/mol. The molecule has 0 saturated heterocycles. The van der Waals surface area contributed by atoms with E-state index in [0.717, 1.165) is 5.56 Å². The Morgan fingerprint density at radius 2 is 1.61 bits per heavy atom. The number of nitrogens with zero attached hydrogens (tertiary/aromatic N) is 1. The predicted molar refractivity (Wildman–Crippen MR) is 117 cm³/mol. The maximum absolute atomic E-state index is 12.6. The number of hydrogen-bond acceptors (Lipinski definition) is 8. The highest BCUT2D eigenvalue weighted by Gasteiger charge is 2.23. The second-order valence-electron chi connectivity index (χ2n) is 7.61. The molecule has 0 aliphatic rings. The van der Waals surface area contributed by atoms with Crippen molar-refractivity contribution in [3.05, 3.63) is 48.0 Å². The van der Waals surface area contributed by atoms with E-state index >= 15 is 0 Å². The quantitative estimate of drug-likeness (QED) is 0.204. The van der Waals surface area contributed by atoms with Crippen molar-refractivity contribution >= 4 is 17.9 Å². The second kappa shape index (κ2) is 14.3. The summed E-state index contributed by atoms with van der Waals surface area (Å²) in [7, 11) is 3.80. The molecule has 0 heterocycles. The van der Waals surface area contributed by atoms with Crippen molar-refractivity contribution in [3.63, 3.8) is 0 Å². The first kappa shape index (κ1) is 26.3. The Kier molecular flexibility index (Phi) is 12.2. The summed E-state index contributed by atoms with van der Waals surface area (Å²) in [4.78, 5) is 38.1. The van der Waals surface area contributed by atoms with Gasteiger partial charge in [0.2, 0.25) is 0 Å². The molecule has 0 fully saturated rings. The fraction of sp³-hybridized carbons (Fsp3) is 0.522. The lowest BCUT2D eigenvalue weighted by Gasteiger charge is -2.20. The molecular weight excluding hydrogens is 400 g/mol. The molecule has 0 saturated carbocycles. The smallest absolute Gasteiger partial charge is 0.333 e. The first-order valence-electron chi connectivity index (χ1n) is 10.3. The van der Waals surface area contributed by atoms with Crippen molar-refractivity contribution in [1.82, 2.24) is 10.2 Å². The monoisotopic (exact) mass is 434 g/mol. The van der Waals surface area contributed by atoms with Crippen molar-refractivity contribution < 1.29 is 28.6 Å². The molecule has 8 heteroatoms. The van der Waals surface area contributed by atoms with E-state index in [1.165, 1.54) is 0 Å². The third-order valence-electron chi connectivity index (χ3n) is 4.33. The number of hydrogen-bond donors (Lipinski definition) is 1. The summed E-state index contributed by atoms with van der Waals surface area (Å²) in [6, 6.07) is 8.84. The van der Waals surface area contributed by atoms with Crippen molar-refractivity contribution in [2.45, 2.75) is 26.3 Å². The Morgan fingerprint density at radius 1 is 1.00 bits per heavy atom. The zero-order chi connectivity index (χ0) is 23.2. The van der Waals surface area contributed by atoms with Gasteiger partial charge in [0.1, 0.15) is 25.9 Å². The maximum atomic E-state index is 12.6. The normalized spacial score (nSPS) is 12.7. The molecule has 0 amide bonds. The molecule has 1 aromatic rings. The number of nitrogens with one attached hydrogen (secondary N) is 1. The molecule has 2 unspecified atom stereocenters. The van der Waals surface area contributed by atoms with E-state index < -0.39 is 23.9 Å². The molecule has 0 radical (unpaired) electrons. The number of ether oxygens (including phenoxy) is 3.